The van der Waals surface area contributed by atoms with E-state index in [2.05, 4.69) is 28.6 Å². The summed E-state index contributed by atoms with van der Waals surface area (Å²) in [6, 6.07) is 9.23. The van der Waals surface area contributed by atoms with Crippen LogP contribution in [-0.2, 0) is 6.54 Å². The van der Waals surface area contributed by atoms with Gasteiger partial charge < -0.3 is 5.32 Å². The molecule has 0 aliphatic carbocycles. The normalized spacial score (nSPS) is 12.8. The lowest BCUT2D eigenvalue weighted by atomic mass is 10.1. The molecule has 0 radical (unpaired) electrons. The van der Waals surface area contributed by atoms with Crippen molar-refractivity contribution < 1.29 is 4.39 Å². The Morgan fingerprint density at radius 1 is 1.29 bits per heavy atom. The fourth-order valence-corrected chi connectivity index (χ4v) is 3.16. The third-order valence-electron chi connectivity index (χ3n) is 3.91. The Labute approximate surface area is 130 Å². The summed E-state index contributed by atoms with van der Waals surface area (Å²) in [5, 5.41) is 5.58. The van der Waals surface area contributed by atoms with E-state index >= 15 is 0 Å². The Morgan fingerprint density at radius 2 is 2.05 bits per heavy atom. The van der Waals surface area contributed by atoms with E-state index in [1.54, 1.807) is 17.4 Å². The average molecular weight is 306 g/mol. The number of thiophene rings is 1. The lowest BCUT2D eigenvalue weighted by Crippen LogP contribution is -2.31. The number of rotatable bonds is 7. The Bertz CT molecular complexity index is 567. The summed E-state index contributed by atoms with van der Waals surface area (Å²) < 4.78 is 13.8. The van der Waals surface area contributed by atoms with Gasteiger partial charge in [0.1, 0.15) is 5.82 Å². The molecule has 1 unspecified atom stereocenters. The molecule has 1 N–H and O–H groups in total. The van der Waals surface area contributed by atoms with Crippen LogP contribution in [-0.4, -0.2) is 25.0 Å². The molecule has 0 saturated carbocycles. The zero-order chi connectivity index (χ0) is 15.2. The minimum Gasteiger partial charge on any atom is -0.311 e. The minimum atomic E-state index is -0.126. The highest BCUT2D eigenvalue weighted by molar-refractivity contribution is 7.10. The predicted molar refractivity (Wildman–Crippen MR) is 88.2 cm³/mol. The standard InChI is InChI=1S/C17H23FN2S/c1-13-8-11-21-17(13)12-19-9-10-20(3)14(2)15-6-4-5-7-16(15)18/h4-8,11,14,19H,9-10,12H2,1-3H3. The van der Waals surface area contributed by atoms with E-state index in [1.165, 1.54) is 16.5 Å². The zero-order valence-corrected chi connectivity index (χ0v) is 13.7. The van der Waals surface area contributed by atoms with E-state index in [1.807, 2.05) is 26.1 Å². The van der Waals surface area contributed by atoms with Crippen LogP contribution in [0.1, 0.15) is 29.0 Å². The van der Waals surface area contributed by atoms with Gasteiger partial charge in [0, 0.05) is 36.1 Å². The molecule has 21 heavy (non-hydrogen) atoms. The molecule has 2 rings (SSSR count). The lowest BCUT2D eigenvalue weighted by Gasteiger charge is -2.25. The van der Waals surface area contributed by atoms with Gasteiger partial charge in [-0.25, -0.2) is 4.39 Å². The van der Waals surface area contributed by atoms with Crippen LogP contribution in [0.3, 0.4) is 0 Å². The highest BCUT2D eigenvalue weighted by Gasteiger charge is 2.14. The molecule has 1 heterocycles. The Hall–Kier alpha value is -1.23. The van der Waals surface area contributed by atoms with Crippen LogP contribution in [0.4, 0.5) is 4.39 Å². The van der Waals surface area contributed by atoms with Crippen molar-refractivity contribution in [1.29, 1.82) is 0 Å². The van der Waals surface area contributed by atoms with E-state index in [0.29, 0.717) is 0 Å². The number of likely N-dealkylation sites (N-methyl/N-ethyl adjacent to an activating group) is 1. The number of hydrogen-bond donors (Lipinski definition) is 1. The molecule has 0 aliphatic rings. The van der Waals surface area contributed by atoms with Crippen LogP contribution in [0, 0.1) is 12.7 Å². The van der Waals surface area contributed by atoms with Crippen molar-refractivity contribution in [2.75, 3.05) is 20.1 Å². The van der Waals surface area contributed by atoms with Crippen LogP contribution >= 0.6 is 11.3 Å². The number of halogens is 1. The fraction of sp³-hybridized carbons (Fsp3) is 0.412. The van der Waals surface area contributed by atoms with E-state index in [0.717, 1.165) is 25.2 Å². The van der Waals surface area contributed by atoms with Crippen LogP contribution in [0.15, 0.2) is 35.7 Å². The number of nitrogens with one attached hydrogen (secondary N) is 1. The van der Waals surface area contributed by atoms with Gasteiger partial charge in [-0.1, -0.05) is 18.2 Å². The predicted octanol–water partition coefficient (Wildman–Crippen LogP) is 3.98. The van der Waals surface area contributed by atoms with Crippen molar-refractivity contribution in [3.05, 3.63) is 57.5 Å². The third-order valence-corrected chi connectivity index (χ3v) is 4.93. The summed E-state index contributed by atoms with van der Waals surface area (Å²) in [7, 11) is 2.04. The van der Waals surface area contributed by atoms with Gasteiger partial charge in [-0.2, -0.15) is 0 Å². The number of benzene rings is 1. The summed E-state index contributed by atoms with van der Waals surface area (Å²) in [5.74, 6) is -0.126. The van der Waals surface area contributed by atoms with Crippen molar-refractivity contribution in [2.24, 2.45) is 0 Å². The molecule has 0 saturated heterocycles. The molecule has 4 heteroatoms. The van der Waals surface area contributed by atoms with Gasteiger partial charge in [-0.3, -0.25) is 4.90 Å². The second kappa shape index (κ2) is 7.69. The van der Waals surface area contributed by atoms with Crippen LogP contribution in [0.5, 0.6) is 0 Å². The van der Waals surface area contributed by atoms with Crippen molar-refractivity contribution >= 4 is 11.3 Å². The van der Waals surface area contributed by atoms with Gasteiger partial charge in [-0.05, 0) is 44.0 Å². The van der Waals surface area contributed by atoms with Gasteiger partial charge in [0.15, 0.2) is 0 Å². The molecule has 2 aromatic rings. The molecule has 114 valence electrons. The highest BCUT2D eigenvalue weighted by atomic mass is 32.1. The quantitative estimate of drug-likeness (QED) is 0.778. The summed E-state index contributed by atoms with van der Waals surface area (Å²) in [6.45, 7) is 6.87. The molecule has 0 spiro atoms. The SMILES string of the molecule is Cc1ccsc1CNCCN(C)C(C)c1ccccc1F. The van der Waals surface area contributed by atoms with Crippen molar-refractivity contribution in [2.45, 2.75) is 26.4 Å². The number of nitrogens with zero attached hydrogens (tertiary/aromatic N) is 1. The monoisotopic (exact) mass is 306 g/mol. The first-order valence-electron chi connectivity index (χ1n) is 7.28. The van der Waals surface area contributed by atoms with Crippen LogP contribution < -0.4 is 5.32 Å². The Morgan fingerprint density at radius 3 is 2.71 bits per heavy atom. The van der Waals surface area contributed by atoms with Crippen molar-refractivity contribution in [1.82, 2.24) is 10.2 Å². The maximum absolute atomic E-state index is 13.8. The Kier molecular flexibility index (Phi) is 5.91. The topological polar surface area (TPSA) is 15.3 Å². The van der Waals surface area contributed by atoms with E-state index in [9.17, 15) is 4.39 Å². The van der Waals surface area contributed by atoms with Crippen molar-refractivity contribution in [3.8, 4) is 0 Å². The third kappa shape index (κ3) is 4.37. The summed E-state index contributed by atoms with van der Waals surface area (Å²) in [6.07, 6.45) is 0. The fourth-order valence-electron chi connectivity index (χ4n) is 2.29. The Balaban J connectivity index is 1.78. The zero-order valence-electron chi connectivity index (χ0n) is 12.9. The summed E-state index contributed by atoms with van der Waals surface area (Å²) in [4.78, 5) is 3.56. The molecule has 0 amide bonds. The first-order valence-corrected chi connectivity index (χ1v) is 8.16. The molecule has 2 nitrogen and oxygen atoms in total. The molecule has 0 bridgehead atoms. The minimum absolute atomic E-state index is 0.0801. The van der Waals surface area contributed by atoms with Gasteiger partial charge >= 0.3 is 0 Å². The number of aryl methyl sites for hydroxylation is 1. The second-order valence-corrected chi connectivity index (χ2v) is 6.38. The van der Waals surface area contributed by atoms with Gasteiger partial charge in [0.25, 0.3) is 0 Å². The van der Waals surface area contributed by atoms with Crippen LogP contribution in [0.2, 0.25) is 0 Å². The average Bonchev–Trinajstić information content (AvgIpc) is 2.88. The van der Waals surface area contributed by atoms with E-state index in [4.69, 9.17) is 0 Å². The molecular formula is C17H23FN2S. The molecule has 1 aromatic carbocycles. The van der Waals surface area contributed by atoms with Crippen LogP contribution in [0.25, 0.3) is 0 Å². The molecule has 0 fully saturated rings. The lowest BCUT2D eigenvalue weighted by molar-refractivity contribution is 0.256. The number of hydrogen-bond acceptors (Lipinski definition) is 3. The smallest absolute Gasteiger partial charge is 0.127 e. The van der Waals surface area contributed by atoms with E-state index < -0.39 is 0 Å². The first kappa shape index (κ1) is 16.1. The van der Waals surface area contributed by atoms with Gasteiger partial charge in [-0.15, -0.1) is 11.3 Å². The maximum atomic E-state index is 13.8. The summed E-state index contributed by atoms with van der Waals surface area (Å²) >= 11 is 1.79. The maximum Gasteiger partial charge on any atom is 0.127 e. The van der Waals surface area contributed by atoms with E-state index in [-0.39, 0.29) is 11.9 Å². The largest absolute Gasteiger partial charge is 0.311 e. The first-order chi connectivity index (χ1) is 10.1. The molecule has 1 aromatic heterocycles. The van der Waals surface area contributed by atoms with Crippen molar-refractivity contribution in [3.63, 3.8) is 0 Å². The summed E-state index contributed by atoms with van der Waals surface area (Å²) in [5.41, 5.74) is 2.11. The van der Waals surface area contributed by atoms with Gasteiger partial charge in [0.2, 0.25) is 0 Å². The molecule has 0 aliphatic heterocycles. The molecule has 1 atom stereocenters. The molecular weight excluding hydrogens is 283 g/mol. The second-order valence-electron chi connectivity index (χ2n) is 5.38. The highest BCUT2D eigenvalue weighted by Crippen LogP contribution is 2.21. The van der Waals surface area contributed by atoms with Gasteiger partial charge in [0.05, 0.1) is 0 Å².